The Labute approximate surface area is 143 Å². The maximum absolute atomic E-state index is 12.8. The Hall–Kier alpha value is -1.44. The van der Waals surface area contributed by atoms with Crippen molar-refractivity contribution in [1.82, 2.24) is 9.21 Å². The Kier molecular flexibility index (Phi) is 5.22. The third-order valence-corrected chi connectivity index (χ3v) is 6.51. The summed E-state index contributed by atoms with van der Waals surface area (Å²) in [5.74, 6) is 0.143. The van der Waals surface area contributed by atoms with Crippen LogP contribution in [0.25, 0.3) is 0 Å². The van der Waals surface area contributed by atoms with E-state index in [1.165, 1.54) is 4.31 Å². The number of hydrogen-bond donors (Lipinski definition) is 0. The minimum Gasteiger partial charge on any atom is -0.379 e. The van der Waals surface area contributed by atoms with Crippen molar-refractivity contribution in [1.29, 1.82) is 0 Å². The van der Waals surface area contributed by atoms with Crippen molar-refractivity contribution in [2.45, 2.75) is 37.6 Å². The number of hydrogen-bond acceptors (Lipinski definition) is 4. The summed E-state index contributed by atoms with van der Waals surface area (Å²) in [4.78, 5) is 14.3. The van der Waals surface area contributed by atoms with Crippen LogP contribution in [-0.2, 0) is 32.5 Å². The average molecular weight is 352 g/mol. The molecule has 0 radical (unpaired) electrons. The molecule has 0 spiro atoms. The zero-order chi connectivity index (χ0) is 17.2. The highest BCUT2D eigenvalue weighted by atomic mass is 32.2. The van der Waals surface area contributed by atoms with Crippen LogP contribution in [0, 0.1) is 0 Å². The molecule has 0 N–H and O–H groups in total. The van der Waals surface area contributed by atoms with Gasteiger partial charge in [-0.25, -0.2) is 8.42 Å². The van der Waals surface area contributed by atoms with Crippen molar-refractivity contribution in [2.75, 3.05) is 32.8 Å². The lowest BCUT2D eigenvalue weighted by molar-refractivity contribution is -0.132. The summed E-state index contributed by atoms with van der Waals surface area (Å²) in [6.45, 7) is 4.85. The Morgan fingerprint density at radius 1 is 1.17 bits per heavy atom. The van der Waals surface area contributed by atoms with Gasteiger partial charge in [0, 0.05) is 32.6 Å². The number of amides is 1. The van der Waals surface area contributed by atoms with E-state index in [0.717, 1.165) is 24.0 Å². The molecule has 0 bridgehead atoms. The predicted molar refractivity (Wildman–Crippen MR) is 90.0 cm³/mol. The Morgan fingerprint density at radius 3 is 2.62 bits per heavy atom. The van der Waals surface area contributed by atoms with Gasteiger partial charge in [0.25, 0.3) is 0 Å². The summed E-state index contributed by atoms with van der Waals surface area (Å²) in [5.41, 5.74) is 2.08. The molecule has 132 valence electrons. The lowest BCUT2D eigenvalue weighted by Gasteiger charge is -2.30. The first kappa shape index (κ1) is 17.4. The zero-order valence-corrected chi connectivity index (χ0v) is 14.8. The van der Waals surface area contributed by atoms with E-state index in [1.54, 1.807) is 12.1 Å². The minimum absolute atomic E-state index is 0.143. The summed E-state index contributed by atoms with van der Waals surface area (Å²) in [5, 5.41) is 0. The van der Waals surface area contributed by atoms with Crippen LogP contribution >= 0.6 is 0 Å². The molecule has 2 aliphatic heterocycles. The number of rotatable bonds is 4. The van der Waals surface area contributed by atoms with Crippen LogP contribution in [0.15, 0.2) is 23.1 Å². The summed E-state index contributed by atoms with van der Waals surface area (Å²) in [6.07, 6.45) is 2.15. The molecule has 0 saturated carbocycles. The molecule has 7 heteroatoms. The van der Waals surface area contributed by atoms with E-state index >= 15 is 0 Å². The van der Waals surface area contributed by atoms with Crippen molar-refractivity contribution in [2.24, 2.45) is 0 Å². The van der Waals surface area contributed by atoms with Gasteiger partial charge in [-0.3, -0.25) is 4.79 Å². The van der Waals surface area contributed by atoms with E-state index in [1.807, 2.05) is 17.9 Å². The third-order valence-electron chi connectivity index (χ3n) is 4.61. The maximum atomic E-state index is 12.8. The van der Waals surface area contributed by atoms with Crippen molar-refractivity contribution in [3.05, 3.63) is 29.3 Å². The molecule has 1 aromatic rings. The third kappa shape index (κ3) is 3.48. The van der Waals surface area contributed by atoms with Crippen LogP contribution in [-0.4, -0.2) is 56.4 Å². The van der Waals surface area contributed by atoms with E-state index < -0.39 is 10.0 Å². The standard InChI is InChI=1S/C17H24N2O4S/c1-2-3-17(20)18-7-6-14-4-5-16(12-15(14)13-18)24(21,22)19-8-10-23-11-9-19/h4-5,12H,2-3,6-11,13H2,1H3. The van der Waals surface area contributed by atoms with Gasteiger partial charge in [0.05, 0.1) is 18.1 Å². The summed E-state index contributed by atoms with van der Waals surface area (Å²) < 4.78 is 32.3. The van der Waals surface area contributed by atoms with Gasteiger partial charge >= 0.3 is 0 Å². The SMILES string of the molecule is CCCC(=O)N1CCc2ccc(S(=O)(=O)N3CCOCC3)cc2C1. The monoisotopic (exact) mass is 352 g/mol. The number of morpholine rings is 1. The Bertz CT molecular complexity index is 711. The van der Waals surface area contributed by atoms with E-state index in [0.29, 0.717) is 50.7 Å². The molecule has 1 aromatic carbocycles. The second kappa shape index (κ2) is 7.21. The first-order chi connectivity index (χ1) is 11.5. The first-order valence-electron chi connectivity index (χ1n) is 8.50. The molecule has 0 unspecified atom stereocenters. The van der Waals surface area contributed by atoms with Crippen LogP contribution in [0.4, 0.5) is 0 Å². The smallest absolute Gasteiger partial charge is 0.243 e. The Morgan fingerprint density at radius 2 is 1.92 bits per heavy atom. The van der Waals surface area contributed by atoms with Crippen molar-refractivity contribution >= 4 is 15.9 Å². The summed E-state index contributed by atoms with van der Waals surface area (Å²) >= 11 is 0. The number of benzene rings is 1. The molecule has 1 amide bonds. The van der Waals surface area contributed by atoms with Gasteiger partial charge < -0.3 is 9.64 Å². The van der Waals surface area contributed by atoms with Gasteiger partial charge in [-0.05, 0) is 36.1 Å². The van der Waals surface area contributed by atoms with Crippen LogP contribution in [0.5, 0.6) is 0 Å². The van der Waals surface area contributed by atoms with Gasteiger partial charge in [0.15, 0.2) is 0 Å². The van der Waals surface area contributed by atoms with Gasteiger partial charge in [-0.1, -0.05) is 13.0 Å². The van der Waals surface area contributed by atoms with Crippen LogP contribution in [0.1, 0.15) is 30.9 Å². The van der Waals surface area contributed by atoms with E-state index in [9.17, 15) is 13.2 Å². The first-order valence-corrected chi connectivity index (χ1v) is 9.94. The molecular formula is C17H24N2O4S. The van der Waals surface area contributed by atoms with Crippen molar-refractivity contribution < 1.29 is 17.9 Å². The van der Waals surface area contributed by atoms with Gasteiger partial charge in [-0.2, -0.15) is 4.31 Å². The number of ether oxygens (including phenoxy) is 1. The fourth-order valence-electron chi connectivity index (χ4n) is 3.21. The predicted octanol–water partition coefficient (Wildman–Crippen LogP) is 1.39. The Balaban J connectivity index is 1.83. The van der Waals surface area contributed by atoms with Gasteiger partial charge in [0.2, 0.25) is 15.9 Å². The highest BCUT2D eigenvalue weighted by Gasteiger charge is 2.28. The molecule has 1 fully saturated rings. The number of sulfonamides is 1. The van der Waals surface area contributed by atoms with Crippen LogP contribution in [0.2, 0.25) is 0 Å². The van der Waals surface area contributed by atoms with Crippen molar-refractivity contribution in [3.8, 4) is 0 Å². The molecule has 2 heterocycles. The lowest BCUT2D eigenvalue weighted by Crippen LogP contribution is -2.41. The second-order valence-corrected chi connectivity index (χ2v) is 8.20. The molecular weight excluding hydrogens is 328 g/mol. The molecule has 1 saturated heterocycles. The van der Waals surface area contributed by atoms with Gasteiger partial charge in [-0.15, -0.1) is 0 Å². The maximum Gasteiger partial charge on any atom is 0.243 e. The minimum atomic E-state index is -3.49. The number of carbonyl (C=O) groups is 1. The normalized spacial score (nSPS) is 19.1. The zero-order valence-electron chi connectivity index (χ0n) is 14.0. The van der Waals surface area contributed by atoms with E-state index in [2.05, 4.69) is 0 Å². The highest BCUT2D eigenvalue weighted by molar-refractivity contribution is 7.89. The highest BCUT2D eigenvalue weighted by Crippen LogP contribution is 2.25. The van der Waals surface area contributed by atoms with Crippen LogP contribution in [0.3, 0.4) is 0 Å². The molecule has 6 nitrogen and oxygen atoms in total. The number of fused-ring (bicyclic) bond motifs is 1. The summed E-state index contributed by atoms with van der Waals surface area (Å²) in [6, 6.07) is 5.32. The molecule has 3 rings (SSSR count). The number of nitrogens with zero attached hydrogens (tertiary/aromatic N) is 2. The lowest BCUT2D eigenvalue weighted by atomic mass is 9.99. The van der Waals surface area contributed by atoms with Crippen molar-refractivity contribution in [3.63, 3.8) is 0 Å². The quantitative estimate of drug-likeness (QED) is 0.821. The van der Waals surface area contributed by atoms with E-state index in [4.69, 9.17) is 4.74 Å². The molecule has 2 aliphatic rings. The molecule has 24 heavy (non-hydrogen) atoms. The second-order valence-electron chi connectivity index (χ2n) is 6.26. The number of carbonyl (C=O) groups excluding carboxylic acids is 1. The van der Waals surface area contributed by atoms with Gasteiger partial charge in [0.1, 0.15) is 0 Å². The summed E-state index contributed by atoms with van der Waals surface area (Å²) in [7, 11) is -3.49. The van der Waals surface area contributed by atoms with Crippen LogP contribution < -0.4 is 0 Å². The fraction of sp³-hybridized carbons (Fsp3) is 0.588. The van der Waals surface area contributed by atoms with E-state index in [-0.39, 0.29) is 5.91 Å². The largest absolute Gasteiger partial charge is 0.379 e. The average Bonchev–Trinajstić information content (AvgIpc) is 2.61. The molecule has 0 atom stereocenters. The fourth-order valence-corrected chi connectivity index (χ4v) is 4.67. The molecule has 0 aromatic heterocycles. The topological polar surface area (TPSA) is 66.9 Å². The molecule has 0 aliphatic carbocycles.